The highest BCUT2D eigenvalue weighted by Crippen LogP contribution is 2.33. The Morgan fingerprint density at radius 1 is 1.27 bits per heavy atom. The number of hydrogen-bond acceptors (Lipinski definition) is 3. The van der Waals surface area contributed by atoms with Crippen LogP contribution in [0.25, 0.3) is 10.9 Å². The molecule has 0 spiro atoms. The molecular weight excluding hydrogens is 298 g/mol. The molecule has 22 heavy (non-hydrogen) atoms. The maximum Gasteiger partial charge on any atom is 0.132 e. The molecule has 0 aliphatic heterocycles. The van der Waals surface area contributed by atoms with Gasteiger partial charge < -0.3 is 10.1 Å². The lowest BCUT2D eigenvalue weighted by Crippen LogP contribution is -2.16. The lowest BCUT2D eigenvalue weighted by atomic mass is 10.1. The van der Waals surface area contributed by atoms with Crippen molar-refractivity contribution in [2.75, 3.05) is 13.6 Å². The van der Waals surface area contributed by atoms with Gasteiger partial charge in [-0.05, 0) is 31.3 Å². The molecule has 5 heteroatoms. The minimum absolute atomic E-state index is 0.0368. The standard InChI is InChI=1S/C17H18ClN3O/c1-19-8-7-16(12-5-3-2-4-6-12)22-17-10-13(18)9-15-14(17)11-20-21-15/h2-6,9-11,16,19H,7-8H2,1H3,(H,20,21)/t16-/m1/s1. The van der Waals surface area contributed by atoms with Gasteiger partial charge in [-0.3, -0.25) is 5.10 Å². The fourth-order valence-electron chi connectivity index (χ4n) is 2.47. The zero-order valence-electron chi connectivity index (χ0n) is 12.3. The molecular formula is C17H18ClN3O. The van der Waals surface area contributed by atoms with Crippen LogP contribution < -0.4 is 10.1 Å². The van der Waals surface area contributed by atoms with Crippen LogP contribution in [0.5, 0.6) is 5.75 Å². The summed E-state index contributed by atoms with van der Waals surface area (Å²) in [6.07, 6.45) is 2.60. The van der Waals surface area contributed by atoms with E-state index in [2.05, 4.69) is 27.6 Å². The summed E-state index contributed by atoms with van der Waals surface area (Å²) in [6, 6.07) is 13.9. The highest BCUT2D eigenvalue weighted by Gasteiger charge is 2.15. The van der Waals surface area contributed by atoms with Gasteiger partial charge in [0, 0.05) is 11.4 Å². The fraction of sp³-hybridized carbons (Fsp3) is 0.235. The van der Waals surface area contributed by atoms with E-state index in [1.807, 2.05) is 37.4 Å². The molecule has 1 heterocycles. The van der Waals surface area contributed by atoms with Crippen molar-refractivity contribution < 1.29 is 4.74 Å². The van der Waals surface area contributed by atoms with Crippen LogP contribution in [0.2, 0.25) is 5.02 Å². The van der Waals surface area contributed by atoms with E-state index in [0.29, 0.717) is 5.02 Å². The number of hydrogen-bond donors (Lipinski definition) is 2. The van der Waals surface area contributed by atoms with E-state index in [-0.39, 0.29) is 6.10 Å². The Kier molecular flexibility index (Phi) is 4.61. The van der Waals surface area contributed by atoms with Crippen molar-refractivity contribution in [1.29, 1.82) is 0 Å². The summed E-state index contributed by atoms with van der Waals surface area (Å²) in [5.74, 6) is 0.751. The van der Waals surface area contributed by atoms with Gasteiger partial charge in [0.05, 0.1) is 17.1 Å². The Morgan fingerprint density at radius 3 is 2.86 bits per heavy atom. The minimum atomic E-state index is -0.0368. The smallest absolute Gasteiger partial charge is 0.132 e. The molecule has 0 unspecified atom stereocenters. The van der Waals surface area contributed by atoms with Crippen LogP contribution in [0.15, 0.2) is 48.7 Å². The molecule has 3 aromatic rings. The van der Waals surface area contributed by atoms with Gasteiger partial charge in [-0.1, -0.05) is 41.9 Å². The van der Waals surface area contributed by atoms with Crippen LogP contribution in [0, 0.1) is 0 Å². The second kappa shape index (κ2) is 6.81. The molecule has 2 aromatic carbocycles. The van der Waals surface area contributed by atoms with E-state index < -0.39 is 0 Å². The molecule has 2 N–H and O–H groups in total. The second-order valence-electron chi connectivity index (χ2n) is 5.14. The summed E-state index contributed by atoms with van der Waals surface area (Å²) >= 11 is 6.17. The molecule has 114 valence electrons. The molecule has 4 nitrogen and oxygen atoms in total. The second-order valence-corrected chi connectivity index (χ2v) is 5.58. The van der Waals surface area contributed by atoms with E-state index in [1.165, 1.54) is 0 Å². The van der Waals surface area contributed by atoms with E-state index in [0.717, 1.165) is 35.2 Å². The fourth-order valence-corrected chi connectivity index (χ4v) is 2.68. The normalized spacial score (nSPS) is 12.5. The minimum Gasteiger partial charge on any atom is -0.485 e. The molecule has 0 saturated heterocycles. The van der Waals surface area contributed by atoms with E-state index in [1.54, 1.807) is 6.20 Å². The van der Waals surface area contributed by atoms with Crippen molar-refractivity contribution in [2.45, 2.75) is 12.5 Å². The van der Waals surface area contributed by atoms with Crippen LogP contribution in [-0.4, -0.2) is 23.8 Å². The number of nitrogens with zero attached hydrogens (tertiary/aromatic N) is 1. The number of rotatable bonds is 6. The quantitative estimate of drug-likeness (QED) is 0.724. The van der Waals surface area contributed by atoms with Gasteiger partial charge in [0.1, 0.15) is 11.9 Å². The van der Waals surface area contributed by atoms with Crippen molar-refractivity contribution in [3.05, 3.63) is 59.2 Å². The van der Waals surface area contributed by atoms with Crippen molar-refractivity contribution in [1.82, 2.24) is 15.5 Å². The van der Waals surface area contributed by atoms with E-state index in [9.17, 15) is 0 Å². The number of H-pyrrole nitrogens is 1. The maximum absolute atomic E-state index is 6.27. The summed E-state index contributed by atoms with van der Waals surface area (Å²) < 4.78 is 6.27. The first-order chi connectivity index (χ1) is 10.8. The number of aromatic amines is 1. The molecule has 0 bridgehead atoms. The Labute approximate surface area is 134 Å². The van der Waals surface area contributed by atoms with Crippen LogP contribution in [0.1, 0.15) is 18.1 Å². The number of ether oxygens (including phenoxy) is 1. The Bertz CT molecular complexity index is 742. The summed E-state index contributed by atoms with van der Waals surface area (Å²) in [5, 5.41) is 11.7. The summed E-state index contributed by atoms with van der Waals surface area (Å²) in [7, 11) is 1.94. The molecule has 0 fully saturated rings. The third-order valence-corrected chi connectivity index (χ3v) is 3.80. The van der Waals surface area contributed by atoms with Crippen molar-refractivity contribution in [3.63, 3.8) is 0 Å². The molecule has 3 rings (SSSR count). The van der Waals surface area contributed by atoms with Crippen molar-refractivity contribution in [2.24, 2.45) is 0 Å². The van der Waals surface area contributed by atoms with Crippen LogP contribution in [0.4, 0.5) is 0 Å². The Hall–Kier alpha value is -2.04. The van der Waals surface area contributed by atoms with Crippen molar-refractivity contribution in [3.8, 4) is 5.75 Å². The number of nitrogens with one attached hydrogen (secondary N) is 2. The van der Waals surface area contributed by atoms with Gasteiger partial charge in [-0.2, -0.15) is 5.10 Å². The first kappa shape index (κ1) is 14.9. The average molecular weight is 316 g/mol. The Morgan fingerprint density at radius 2 is 2.09 bits per heavy atom. The topological polar surface area (TPSA) is 49.9 Å². The largest absolute Gasteiger partial charge is 0.485 e. The predicted molar refractivity (Wildman–Crippen MR) is 89.5 cm³/mol. The first-order valence-corrected chi connectivity index (χ1v) is 7.64. The van der Waals surface area contributed by atoms with Gasteiger partial charge >= 0.3 is 0 Å². The van der Waals surface area contributed by atoms with Crippen LogP contribution >= 0.6 is 11.6 Å². The summed E-state index contributed by atoms with van der Waals surface area (Å²) in [5.41, 5.74) is 2.03. The van der Waals surface area contributed by atoms with E-state index in [4.69, 9.17) is 16.3 Å². The highest BCUT2D eigenvalue weighted by molar-refractivity contribution is 6.31. The van der Waals surface area contributed by atoms with Gasteiger partial charge in [-0.25, -0.2) is 0 Å². The third-order valence-electron chi connectivity index (χ3n) is 3.58. The zero-order chi connectivity index (χ0) is 15.4. The zero-order valence-corrected chi connectivity index (χ0v) is 13.1. The maximum atomic E-state index is 6.27. The lowest BCUT2D eigenvalue weighted by Gasteiger charge is -2.20. The Balaban J connectivity index is 1.93. The van der Waals surface area contributed by atoms with Crippen molar-refractivity contribution >= 4 is 22.5 Å². The molecule has 0 aliphatic rings. The average Bonchev–Trinajstić information content (AvgIpc) is 3.00. The van der Waals surface area contributed by atoms with Crippen LogP contribution in [0.3, 0.4) is 0 Å². The first-order valence-electron chi connectivity index (χ1n) is 7.27. The number of halogens is 1. The highest BCUT2D eigenvalue weighted by atomic mass is 35.5. The lowest BCUT2D eigenvalue weighted by molar-refractivity contribution is 0.197. The monoisotopic (exact) mass is 315 g/mol. The van der Waals surface area contributed by atoms with Gasteiger partial charge in [0.15, 0.2) is 0 Å². The summed E-state index contributed by atoms with van der Waals surface area (Å²) in [4.78, 5) is 0. The number of fused-ring (bicyclic) bond motifs is 1. The van der Waals surface area contributed by atoms with E-state index >= 15 is 0 Å². The predicted octanol–water partition coefficient (Wildman–Crippen LogP) is 3.95. The molecule has 1 atom stereocenters. The van der Waals surface area contributed by atoms with Gasteiger partial charge in [0.25, 0.3) is 0 Å². The van der Waals surface area contributed by atoms with Gasteiger partial charge in [-0.15, -0.1) is 0 Å². The van der Waals surface area contributed by atoms with Crippen LogP contribution in [-0.2, 0) is 0 Å². The number of aromatic nitrogens is 2. The molecule has 0 aliphatic carbocycles. The molecule has 1 aromatic heterocycles. The molecule has 0 radical (unpaired) electrons. The summed E-state index contributed by atoms with van der Waals surface area (Å²) in [6.45, 7) is 0.870. The third kappa shape index (κ3) is 3.24. The number of benzene rings is 2. The molecule has 0 saturated carbocycles. The van der Waals surface area contributed by atoms with Gasteiger partial charge in [0.2, 0.25) is 0 Å². The SMILES string of the molecule is CNCC[C@@H](Oc1cc(Cl)cc2[nH]ncc12)c1ccccc1. The molecule has 0 amide bonds.